The highest BCUT2D eigenvalue weighted by Crippen LogP contribution is 2.15. The number of hydrogen-bond donors (Lipinski definition) is 2. The summed E-state index contributed by atoms with van der Waals surface area (Å²) in [5.74, 6) is 0.261. The van der Waals surface area contributed by atoms with Crippen molar-refractivity contribution in [3.8, 4) is 0 Å². The van der Waals surface area contributed by atoms with Gasteiger partial charge in [-0.3, -0.25) is 5.41 Å². The average Bonchev–Trinajstić information content (AvgIpc) is 3.11. The number of carbonyl (C=O) groups is 1. The maximum atomic E-state index is 11.9. The van der Waals surface area contributed by atoms with Crippen LogP contribution < -0.4 is 5.32 Å². The number of nitrogens with zero attached hydrogens (tertiary/aromatic N) is 4. The number of rotatable bonds is 1. The van der Waals surface area contributed by atoms with E-state index >= 15 is 0 Å². The quantitative estimate of drug-likeness (QED) is 0.614. The first-order valence-electron chi connectivity index (χ1n) is 7.97. The monoisotopic (exact) mass is 330 g/mol. The second-order valence-electron chi connectivity index (χ2n) is 6.89. The highest BCUT2D eigenvalue weighted by Gasteiger charge is 2.28. The molecule has 0 aliphatic carbocycles. The molecule has 0 spiro atoms. The molecule has 1 aromatic heterocycles. The fourth-order valence-electron chi connectivity index (χ4n) is 2.70. The lowest BCUT2D eigenvalue weighted by Gasteiger charge is -2.22. The van der Waals surface area contributed by atoms with Crippen molar-refractivity contribution in [1.29, 1.82) is 5.41 Å². The number of hydrogen-bond acceptors (Lipinski definition) is 5. The van der Waals surface area contributed by atoms with Crippen LogP contribution in [0.1, 0.15) is 27.2 Å². The number of amides is 1. The Balaban J connectivity index is 1.63. The summed E-state index contributed by atoms with van der Waals surface area (Å²) in [5, 5.41) is 19.4. The van der Waals surface area contributed by atoms with Crippen LogP contribution in [0, 0.1) is 5.41 Å². The van der Waals surface area contributed by atoms with Gasteiger partial charge >= 0.3 is 6.09 Å². The molecule has 8 heteroatoms. The highest BCUT2D eigenvalue weighted by atomic mass is 16.6. The molecule has 1 aromatic carbocycles. The number of nitrogens with one attached hydrogen (secondary N) is 2. The molecule has 2 heterocycles. The molecule has 1 atom stereocenters. The minimum absolute atomic E-state index is 0.0463. The smallest absolute Gasteiger partial charge is 0.407 e. The van der Waals surface area contributed by atoms with Crippen molar-refractivity contribution in [2.24, 2.45) is 0 Å². The number of aromatic nitrogens is 3. The molecule has 1 saturated heterocycles. The molecular formula is C16H22N6O2. The zero-order valence-corrected chi connectivity index (χ0v) is 14.1. The van der Waals surface area contributed by atoms with Gasteiger partial charge in [0.25, 0.3) is 0 Å². The first-order chi connectivity index (χ1) is 11.3. The summed E-state index contributed by atoms with van der Waals surface area (Å²) in [6.45, 7) is 6.72. The van der Waals surface area contributed by atoms with Gasteiger partial charge in [0.15, 0.2) is 0 Å². The van der Waals surface area contributed by atoms with Crippen LogP contribution in [-0.2, 0) is 4.74 Å². The summed E-state index contributed by atoms with van der Waals surface area (Å²) in [7, 11) is 0. The van der Waals surface area contributed by atoms with Gasteiger partial charge in [0.2, 0.25) is 5.96 Å². The molecule has 3 rings (SSSR count). The van der Waals surface area contributed by atoms with E-state index in [1.165, 1.54) is 4.68 Å². The van der Waals surface area contributed by atoms with E-state index in [4.69, 9.17) is 10.1 Å². The number of benzene rings is 1. The van der Waals surface area contributed by atoms with Crippen molar-refractivity contribution in [3.05, 3.63) is 24.3 Å². The molecule has 1 aliphatic rings. The Labute approximate surface area is 140 Å². The minimum atomic E-state index is -0.519. The van der Waals surface area contributed by atoms with Crippen LogP contribution in [0.5, 0.6) is 0 Å². The molecule has 128 valence electrons. The number of fused-ring (bicyclic) bond motifs is 1. The number of para-hydroxylation sites is 1. The lowest BCUT2D eigenvalue weighted by Crippen LogP contribution is -2.42. The van der Waals surface area contributed by atoms with Crippen LogP contribution >= 0.6 is 0 Å². The van der Waals surface area contributed by atoms with E-state index < -0.39 is 11.7 Å². The molecule has 24 heavy (non-hydrogen) atoms. The van der Waals surface area contributed by atoms with E-state index in [0.717, 1.165) is 17.5 Å². The van der Waals surface area contributed by atoms with Gasteiger partial charge in [-0.15, -0.1) is 5.10 Å². The van der Waals surface area contributed by atoms with Gasteiger partial charge in [-0.2, -0.15) is 4.68 Å². The third-order valence-corrected chi connectivity index (χ3v) is 3.76. The normalized spacial score (nSPS) is 18.0. The van der Waals surface area contributed by atoms with Crippen LogP contribution in [0.25, 0.3) is 11.0 Å². The van der Waals surface area contributed by atoms with Crippen LogP contribution in [0.2, 0.25) is 0 Å². The van der Waals surface area contributed by atoms with E-state index in [2.05, 4.69) is 15.6 Å². The van der Waals surface area contributed by atoms with Gasteiger partial charge in [0, 0.05) is 13.1 Å². The van der Waals surface area contributed by atoms with Gasteiger partial charge < -0.3 is 15.0 Å². The first kappa shape index (κ1) is 16.2. The second-order valence-corrected chi connectivity index (χ2v) is 6.89. The molecule has 2 aromatic rings. The molecule has 1 fully saturated rings. The van der Waals surface area contributed by atoms with E-state index in [9.17, 15) is 4.79 Å². The Kier molecular flexibility index (Phi) is 4.13. The van der Waals surface area contributed by atoms with Crippen LogP contribution in [0.4, 0.5) is 4.79 Å². The molecular weight excluding hydrogens is 308 g/mol. The predicted molar refractivity (Wildman–Crippen MR) is 90.0 cm³/mol. The van der Waals surface area contributed by atoms with Crippen molar-refractivity contribution in [2.75, 3.05) is 13.1 Å². The number of ether oxygens (including phenoxy) is 1. The average molecular weight is 330 g/mol. The molecule has 0 saturated carbocycles. The summed E-state index contributed by atoms with van der Waals surface area (Å²) in [6.07, 6.45) is 0.334. The Morgan fingerprint density at radius 2 is 2.12 bits per heavy atom. The molecule has 1 aliphatic heterocycles. The predicted octanol–water partition coefficient (Wildman–Crippen LogP) is 1.81. The van der Waals surface area contributed by atoms with E-state index in [1.807, 2.05) is 49.9 Å². The van der Waals surface area contributed by atoms with Gasteiger partial charge in [0.1, 0.15) is 11.1 Å². The van der Waals surface area contributed by atoms with Gasteiger partial charge in [0.05, 0.1) is 11.6 Å². The molecule has 2 N–H and O–H groups in total. The maximum Gasteiger partial charge on any atom is 0.407 e. The van der Waals surface area contributed by atoms with E-state index in [-0.39, 0.29) is 12.0 Å². The van der Waals surface area contributed by atoms with Crippen molar-refractivity contribution >= 4 is 23.1 Å². The van der Waals surface area contributed by atoms with E-state index in [0.29, 0.717) is 13.1 Å². The zero-order chi connectivity index (χ0) is 17.3. The zero-order valence-electron chi connectivity index (χ0n) is 14.1. The standard InChI is InChI=1S/C16H22N6O2/c1-16(2,3)24-15(23)18-11-8-9-21(10-11)14(17)22-13-7-5-4-6-12(13)19-20-22/h4-7,11,17H,8-10H2,1-3H3,(H,18,23). The Hall–Kier alpha value is -2.64. The van der Waals surface area contributed by atoms with Crippen LogP contribution in [0.3, 0.4) is 0 Å². The van der Waals surface area contributed by atoms with Gasteiger partial charge in [-0.1, -0.05) is 17.3 Å². The Bertz CT molecular complexity index is 763. The van der Waals surface area contributed by atoms with Gasteiger partial charge in [-0.25, -0.2) is 4.79 Å². The third-order valence-electron chi connectivity index (χ3n) is 3.76. The number of alkyl carbamates (subject to hydrolysis) is 1. The molecule has 0 bridgehead atoms. The minimum Gasteiger partial charge on any atom is -0.444 e. The lowest BCUT2D eigenvalue weighted by molar-refractivity contribution is 0.0507. The van der Waals surface area contributed by atoms with Crippen LogP contribution in [-0.4, -0.2) is 56.7 Å². The summed E-state index contributed by atoms with van der Waals surface area (Å²) >= 11 is 0. The van der Waals surface area contributed by atoms with Crippen molar-refractivity contribution in [2.45, 2.75) is 38.8 Å². The number of likely N-dealkylation sites (tertiary alicyclic amines) is 1. The molecule has 0 radical (unpaired) electrons. The van der Waals surface area contributed by atoms with Crippen molar-refractivity contribution < 1.29 is 9.53 Å². The third kappa shape index (κ3) is 3.47. The van der Waals surface area contributed by atoms with E-state index in [1.54, 1.807) is 0 Å². The topological polar surface area (TPSA) is 96.1 Å². The molecule has 1 unspecified atom stereocenters. The van der Waals surface area contributed by atoms with Gasteiger partial charge in [-0.05, 0) is 39.3 Å². The summed E-state index contributed by atoms with van der Waals surface area (Å²) in [4.78, 5) is 13.7. The summed E-state index contributed by atoms with van der Waals surface area (Å²) in [6, 6.07) is 7.49. The molecule has 8 nitrogen and oxygen atoms in total. The van der Waals surface area contributed by atoms with Crippen molar-refractivity contribution in [3.63, 3.8) is 0 Å². The van der Waals surface area contributed by atoms with Crippen LogP contribution in [0.15, 0.2) is 24.3 Å². The Morgan fingerprint density at radius 1 is 1.38 bits per heavy atom. The highest BCUT2D eigenvalue weighted by molar-refractivity contribution is 5.89. The van der Waals surface area contributed by atoms with Crippen molar-refractivity contribution in [1.82, 2.24) is 25.2 Å². The maximum absolute atomic E-state index is 11.9. The SMILES string of the molecule is CC(C)(C)OC(=O)NC1CCN(C(=N)n2nnc3ccccc32)C1. The largest absolute Gasteiger partial charge is 0.444 e. The lowest BCUT2D eigenvalue weighted by atomic mass is 10.2. The fourth-order valence-corrected chi connectivity index (χ4v) is 2.70. The second kappa shape index (κ2) is 6.10. The fraction of sp³-hybridized carbons (Fsp3) is 0.500. The number of carbonyl (C=O) groups excluding carboxylic acids is 1. The first-order valence-corrected chi connectivity index (χ1v) is 7.97. The Morgan fingerprint density at radius 3 is 2.88 bits per heavy atom. The molecule has 1 amide bonds. The summed E-state index contributed by atoms with van der Waals surface area (Å²) < 4.78 is 6.79. The summed E-state index contributed by atoms with van der Waals surface area (Å²) in [5.41, 5.74) is 1.03.